The highest BCUT2D eigenvalue weighted by Crippen LogP contribution is 2.66. The van der Waals surface area contributed by atoms with Gasteiger partial charge in [0.2, 0.25) is 0 Å². The van der Waals surface area contributed by atoms with Crippen LogP contribution in [0.15, 0.2) is 40.5 Å². The van der Waals surface area contributed by atoms with Crippen LogP contribution >= 0.6 is 23.5 Å². The molecule has 218 valence electrons. The summed E-state index contributed by atoms with van der Waals surface area (Å²) in [6.45, 7) is -1.28. The summed E-state index contributed by atoms with van der Waals surface area (Å²) in [7, 11) is -17.0. The third kappa shape index (κ3) is 9.00. The molecule has 3 unspecified atom stereocenters. The lowest BCUT2D eigenvalue weighted by Gasteiger charge is -2.21. The number of pyridine rings is 1. The molecule has 1 saturated heterocycles. The molecule has 0 amide bonds. The van der Waals surface area contributed by atoms with Crippen LogP contribution in [-0.4, -0.2) is 58.9 Å². The number of phosphoric acid groups is 3. The van der Waals surface area contributed by atoms with E-state index in [2.05, 4.69) is 33.1 Å². The van der Waals surface area contributed by atoms with E-state index in [0.29, 0.717) is 0 Å². The smallest absolute Gasteiger partial charge is 0.456 e. The fraction of sp³-hybridized carbons (Fsp3) is 0.375. The van der Waals surface area contributed by atoms with Crippen molar-refractivity contribution in [2.24, 2.45) is 5.11 Å². The molecule has 2 aromatic rings. The Labute approximate surface area is 222 Å². The number of carbonyl (C=O) groups excluding carboxylic acids is 1. The molecule has 3 rings (SSSR count). The summed E-state index contributed by atoms with van der Waals surface area (Å²) in [4.78, 5) is 71.7. The first-order valence-corrected chi connectivity index (χ1v) is 15.1. The van der Waals surface area contributed by atoms with Crippen molar-refractivity contribution in [2.75, 3.05) is 12.3 Å². The molecule has 6 N–H and O–H groups in total. The van der Waals surface area contributed by atoms with Crippen molar-refractivity contribution < 1.29 is 60.7 Å². The lowest BCUT2D eigenvalue weighted by atomic mass is 10.1. The van der Waals surface area contributed by atoms with Gasteiger partial charge in [0.1, 0.15) is 24.3 Å². The minimum atomic E-state index is -5.80. The number of nitrogens with two attached hydrogens (primary N) is 1. The van der Waals surface area contributed by atoms with Gasteiger partial charge in [-0.25, -0.2) is 23.3 Å². The van der Waals surface area contributed by atoms with Crippen LogP contribution in [-0.2, 0) is 42.9 Å². The molecule has 2 aromatic heterocycles. The van der Waals surface area contributed by atoms with Gasteiger partial charge >= 0.3 is 35.1 Å². The SMILES string of the molecule is [N-]=[N+]=NCc1ncccc1C(=O)OC1C[C@H](n2ccc(N)nc2=O)O[C@@H]1COP(=O)(O)OP(=O)(O)OP(=O)(O)O. The lowest BCUT2D eigenvalue weighted by molar-refractivity contribution is -0.0511. The molecule has 24 heteroatoms. The molecule has 40 heavy (non-hydrogen) atoms. The molecule has 0 saturated carbocycles. The second-order valence-corrected chi connectivity index (χ2v) is 12.0. The van der Waals surface area contributed by atoms with Gasteiger partial charge < -0.3 is 34.8 Å². The zero-order valence-corrected chi connectivity index (χ0v) is 22.4. The number of nitrogens with zero attached hydrogens (tertiary/aromatic N) is 6. The molecule has 0 spiro atoms. The molecule has 1 fully saturated rings. The second-order valence-electron chi connectivity index (χ2n) is 7.62. The molecule has 5 atom stereocenters. The summed E-state index contributed by atoms with van der Waals surface area (Å²) in [6.07, 6.45) is -1.60. The topological polar surface area (TPSA) is 318 Å². The number of phosphoric ester groups is 1. The number of anilines is 1. The summed E-state index contributed by atoms with van der Waals surface area (Å²) in [5.41, 5.74) is 13.1. The zero-order valence-electron chi connectivity index (χ0n) is 19.7. The first kappa shape index (κ1) is 31.5. The van der Waals surface area contributed by atoms with E-state index in [-0.39, 0.29) is 30.0 Å². The number of ether oxygens (including phenoxy) is 2. The Morgan fingerprint density at radius 1 is 1.23 bits per heavy atom. The van der Waals surface area contributed by atoms with Crippen molar-refractivity contribution in [1.29, 1.82) is 0 Å². The van der Waals surface area contributed by atoms with Gasteiger partial charge in [0, 0.05) is 23.7 Å². The van der Waals surface area contributed by atoms with Gasteiger partial charge in [0.05, 0.1) is 24.4 Å². The van der Waals surface area contributed by atoms with Crippen LogP contribution in [0.5, 0.6) is 0 Å². The predicted molar refractivity (Wildman–Crippen MR) is 128 cm³/mol. The minimum Gasteiger partial charge on any atom is -0.456 e. The largest absolute Gasteiger partial charge is 0.490 e. The van der Waals surface area contributed by atoms with Crippen molar-refractivity contribution in [1.82, 2.24) is 14.5 Å². The number of carbonyl (C=O) groups is 1. The van der Waals surface area contributed by atoms with Gasteiger partial charge in [-0.05, 0) is 23.7 Å². The molecule has 3 heterocycles. The Bertz CT molecular complexity index is 1510. The second kappa shape index (κ2) is 12.7. The van der Waals surface area contributed by atoms with E-state index in [4.69, 9.17) is 30.5 Å². The van der Waals surface area contributed by atoms with E-state index in [1.807, 2.05) is 0 Å². The van der Waals surface area contributed by atoms with Crippen LogP contribution in [0.3, 0.4) is 0 Å². The molecule has 0 bridgehead atoms. The van der Waals surface area contributed by atoms with Crippen molar-refractivity contribution in [3.05, 3.63) is 62.8 Å². The Morgan fingerprint density at radius 2 is 1.95 bits per heavy atom. The van der Waals surface area contributed by atoms with Gasteiger partial charge in [-0.15, -0.1) is 0 Å². The molecular formula is C16H20N7O14P3. The lowest BCUT2D eigenvalue weighted by Crippen LogP contribution is -2.31. The van der Waals surface area contributed by atoms with E-state index >= 15 is 0 Å². The maximum Gasteiger partial charge on any atom is 0.490 e. The van der Waals surface area contributed by atoms with Gasteiger partial charge in [0.25, 0.3) is 0 Å². The molecular weight excluding hydrogens is 607 g/mol. The Morgan fingerprint density at radius 3 is 2.60 bits per heavy atom. The number of azide groups is 1. The number of esters is 1. The standard InChI is InChI=1S/C16H20N7O14P3/c17-13-3-5-23(16(25)21-13)14-6-11(35-15(24)9-2-1-4-19-10(9)7-20-22-18)12(34-14)8-33-39(29,30)37-40(31,32)36-38(26,27)28/h1-5,11-12,14H,6-8H2,(H,29,30)(H,31,32)(H2,17,21,25)(H2,26,27,28)/t11?,12-,14-/m1/s1. The molecule has 0 aromatic carbocycles. The molecule has 0 aliphatic carbocycles. The normalized spacial score (nSPS) is 22.1. The van der Waals surface area contributed by atoms with E-state index in [0.717, 1.165) is 4.57 Å². The summed E-state index contributed by atoms with van der Waals surface area (Å²) < 4.78 is 58.5. The number of hydrogen-bond acceptors (Lipinski definition) is 14. The van der Waals surface area contributed by atoms with E-state index in [1.165, 1.54) is 30.6 Å². The van der Waals surface area contributed by atoms with Crippen LogP contribution in [0, 0.1) is 0 Å². The van der Waals surface area contributed by atoms with Gasteiger partial charge in [-0.2, -0.15) is 13.6 Å². The van der Waals surface area contributed by atoms with Crippen LogP contribution in [0.1, 0.15) is 28.7 Å². The first-order valence-electron chi connectivity index (χ1n) is 10.5. The van der Waals surface area contributed by atoms with Crippen LogP contribution < -0.4 is 11.4 Å². The van der Waals surface area contributed by atoms with Crippen LogP contribution in [0.25, 0.3) is 10.4 Å². The van der Waals surface area contributed by atoms with Crippen molar-refractivity contribution in [2.45, 2.75) is 31.4 Å². The molecule has 21 nitrogen and oxygen atoms in total. The third-order valence-corrected chi connectivity index (χ3v) is 8.62. The van der Waals surface area contributed by atoms with Gasteiger partial charge in [-0.1, -0.05) is 5.11 Å². The quantitative estimate of drug-likeness (QED) is 0.0716. The van der Waals surface area contributed by atoms with Gasteiger partial charge in [-0.3, -0.25) is 14.1 Å². The van der Waals surface area contributed by atoms with Crippen LogP contribution in [0.4, 0.5) is 5.82 Å². The third-order valence-electron chi connectivity index (χ3n) is 4.81. The predicted octanol–water partition coefficient (Wildman–Crippen LogP) is 0.887. The van der Waals surface area contributed by atoms with Crippen LogP contribution in [0.2, 0.25) is 0 Å². The zero-order chi connectivity index (χ0) is 29.7. The number of aromatic nitrogens is 3. The Kier molecular flexibility index (Phi) is 9.97. The van der Waals surface area contributed by atoms with Crippen molar-refractivity contribution in [3.63, 3.8) is 0 Å². The number of rotatable bonds is 12. The van der Waals surface area contributed by atoms with E-state index < -0.39 is 60.2 Å². The monoisotopic (exact) mass is 627 g/mol. The summed E-state index contributed by atoms with van der Waals surface area (Å²) in [6, 6.07) is 3.99. The van der Waals surface area contributed by atoms with E-state index in [9.17, 15) is 33.1 Å². The highest BCUT2D eigenvalue weighted by molar-refractivity contribution is 7.66. The maximum absolute atomic E-state index is 12.9. The maximum atomic E-state index is 12.9. The van der Waals surface area contributed by atoms with Gasteiger partial charge in [0.15, 0.2) is 0 Å². The highest BCUT2D eigenvalue weighted by Gasteiger charge is 2.44. The summed E-state index contributed by atoms with van der Waals surface area (Å²) in [5, 5.41) is 3.34. The Balaban J connectivity index is 1.82. The molecule has 1 aliphatic rings. The number of hydrogen-bond donors (Lipinski definition) is 5. The molecule has 0 radical (unpaired) electrons. The van der Waals surface area contributed by atoms with Crippen molar-refractivity contribution in [3.8, 4) is 0 Å². The summed E-state index contributed by atoms with van der Waals surface area (Å²) >= 11 is 0. The average molecular weight is 627 g/mol. The fourth-order valence-corrected chi connectivity index (χ4v) is 6.34. The first-order chi connectivity index (χ1) is 18.6. The summed E-state index contributed by atoms with van der Waals surface area (Å²) in [5.74, 6) is -1.09. The van der Waals surface area contributed by atoms with E-state index in [1.54, 1.807) is 0 Å². The average Bonchev–Trinajstić information content (AvgIpc) is 3.21. The minimum absolute atomic E-state index is 0.0598. The molecule has 1 aliphatic heterocycles. The highest BCUT2D eigenvalue weighted by atomic mass is 31.3. The Hall–Kier alpha value is -3.02. The van der Waals surface area contributed by atoms with Crippen molar-refractivity contribution >= 4 is 35.3 Å². The fourth-order valence-electron chi connectivity index (χ4n) is 3.31. The number of nitrogen functional groups attached to an aromatic ring is 1.